The van der Waals surface area contributed by atoms with Crippen LogP contribution in [0.4, 0.5) is 10.2 Å². The van der Waals surface area contributed by atoms with E-state index in [1.165, 1.54) is 12.1 Å². The number of amides is 1. The van der Waals surface area contributed by atoms with Gasteiger partial charge in [0.05, 0.1) is 25.4 Å². The fourth-order valence-electron chi connectivity index (χ4n) is 2.72. The third kappa shape index (κ3) is 4.43. The number of ether oxygens (including phenoxy) is 1. The first-order valence-corrected chi connectivity index (χ1v) is 8.19. The van der Waals surface area contributed by atoms with E-state index in [1.54, 1.807) is 29.4 Å². The van der Waals surface area contributed by atoms with Crippen molar-refractivity contribution in [2.24, 2.45) is 0 Å². The molecule has 2 heterocycles. The number of carbonyl (C=O) groups is 1. The van der Waals surface area contributed by atoms with Crippen molar-refractivity contribution < 1.29 is 13.9 Å². The summed E-state index contributed by atoms with van der Waals surface area (Å²) in [6, 6.07) is 6.02. The predicted octanol–water partition coefficient (Wildman–Crippen LogP) is 1.90. The van der Waals surface area contributed by atoms with Gasteiger partial charge in [0.1, 0.15) is 11.9 Å². The minimum atomic E-state index is -0.299. The number of halogens is 1. The van der Waals surface area contributed by atoms with Gasteiger partial charge < -0.3 is 14.5 Å². The molecule has 2 aromatic rings. The van der Waals surface area contributed by atoms with Crippen LogP contribution in [0, 0.1) is 5.82 Å². The second-order valence-corrected chi connectivity index (χ2v) is 6.28. The van der Waals surface area contributed by atoms with Crippen LogP contribution in [0.25, 0.3) is 0 Å². The second-order valence-electron chi connectivity index (χ2n) is 6.28. The van der Waals surface area contributed by atoms with Gasteiger partial charge >= 0.3 is 0 Å². The Labute approximate surface area is 146 Å². The van der Waals surface area contributed by atoms with Gasteiger partial charge in [0.2, 0.25) is 11.8 Å². The molecule has 132 valence electrons. The maximum Gasteiger partial charge on any atom is 0.234 e. The molecule has 1 saturated heterocycles. The van der Waals surface area contributed by atoms with Crippen molar-refractivity contribution in [1.29, 1.82) is 0 Å². The summed E-state index contributed by atoms with van der Waals surface area (Å²) in [5, 5.41) is 0. The highest BCUT2D eigenvalue weighted by Crippen LogP contribution is 2.19. The molecular weight excluding hydrogens is 323 g/mol. The average molecular weight is 344 g/mol. The number of benzene rings is 1. The second kappa shape index (κ2) is 7.46. The van der Waals surface area contributed by atoms with E-state index in [2.05, 4.69) is 9.97 Å². The molecule has 0 spiro atoms. The summed E-state index contributed by atoms with van der Waals surface area (Å²) in [6.45, 7) is 1.17. The molecule has 3 rings (SSSR count). The highest BCUT2D eigenvalue weighted by Gasteiger charge is 2.28. The Morgan fingerprint density at radius 1 is 1.32 bits per heavy atom. The van der Waals surface area contributed by atoms with Gasteiger partial charge in [0.25, 0.3) is 0 Å². The van der Waals surface area contributed by atoms with Gasteiger partial charge in [-0.3, -0.25) is 9.78 Å². The molecule has 6 nitrogen and oxygen atoms in total. The molecule has 0 saturated carbocycles. The van der Waals surface area contributed by atoms with E-state index in [0.29, 0.717) is 19.0 Å². The quantitative estimate of drug-likeness (QED) is 0.829. The van der Waals surface area contributed by atoms with Gasteiger partial charge in [0, 0.05) is 27.1 Å². The van der Waals surface area contributed by atoms with Crippen LogP contribution < -0.4 is 9.64 Å². The first-order chi connectivity index (χ1) is 12.0. The smallest absolute Gasteiger partial charge is 0.234 e. The van der Waals surface area contributed by atoms with Crippen LogP contribution in [0.15, 0.2) is 36.7 Å². The van der Waals surface area contributed by atoms with E-state index in [9.17, 15) is 9.18 Å². The summed E-state index contributed by atoms with van der Waals surface area (Å²) in [5.41, 5.74) is 0.806. The van der Waals surface area contributed by atoms with E-state index in [-0.39, 0.29) is 24.2 Å². The third-order valence-corrected chi connectivity index (χ3v) is 4.11. The summed E-state index contributed by atoms with van der Waals surface area (Å²) >= 11 is 0. The van der Waals surface area contributed by atoms with Crippen LogP contribution in [-0.4, -0.2) is 54.1 Å². The molecule has 1 amide bonds. The first kappa shape index (κ1) is 17.1. The normalized spacial score (nSPS) is 16.8. The van der Waals surface area contributed by atoms with E-state index >= 15 is 0 Å². The molecule has 1 aliphatic rings. The largest absolute Gasteiger partial charge is 0.471 e. The van der Waals surface area contributed by atoms with Crippen LogP contribution >= 0.6 is 0 Å². The van der Waals surface area contributed by atoms with Crippen LogP contribution in [0.5, 0.6) is 5.88 Å². The lowest BCUT2D eigenvalue weighted by molar-refractivity contribution is -0.129. The molecule has 1 aliphatic heterocycles. The number of nitrogens with zero attached hydrogens (tertiary/aromatic N) is 4. The highest BCUT2D eigenvalue weighted by atomic mass is 19.1. The van der Waals surface area contributed by atoms with Crippen molar-refractivity contribution in [3.05, 3.63) is 48.0 Å². The van der Waals surface area contributed by atoms with Gasteiger partial charge in [0.15, 0.2) is 5.82 Å². The third-order valence-electron chi connectivity index (χ3n) is 4.11. The van der Waals surface area contributed by atoms with E-state index in [1.807, 2.05) is 19.0 Å². The van der Waals surface area contributed by atoms with Crippen molar-refractivity contribution in [1.82, 2.24) is 14.9 Å². The van der Waals surface area contributed by atoms with Gasteiger partial charge in [-0.2, -0.15) is 4.98 Å². The minimum absolute atomic E-state index is 0.0193. The Kier molecular flexibility index (Phi) is 5.11. The number of carbonyl (C=O) groups excluding carboxylic acids is 1. The number of anilines is 1. The van der Waals surface area contributed by atoms with Crippen LogP contribution in [-0.2, 0) is 11.2 Å². The topological polar surface area (TPSA) is 58.6 Å². The van der Waals surface area contributed by atoms with Crippen molar-refractivity contribution in [2.75, 3.05) is 32.1 Å². The zero-order chi connectivity index (χ0) is 17.8. The Morgan fingerprint density at radius 3 is 2.80 bits per heavy atom. The SMILES string of the molecule is CN(C)c1cncc(O[C@@H]2CCN(C(=O)Cc3ccc(F)cc3)C2)n1. The fraction of sp³-hybridized carbons (Fsp3) is 0.389. The number of aromatic nitrogens is 2. The van der Waals surface area contributed by atoms with Crippen LogP contribution in [0.3, 0.4) is 0 Å². The Balaban J connectivity index is 1.55. The lowest BCUT2D eigenvalue weighted by Gasteiger charge is -2.17. The van der Waals surface area contributed by atoms with Gasteiger partial charge in [-0.05, 0) is 17.7 Å². The summed E-state index contributed by atoms with van der Waals surface area (Å²) in [7, 11) is 3.78. The monoisotopic (exact) mass is 344 g/mol. The van der Waals surface area contributed by atoms with Crippen LogP contribution in [0.2, 0.25) is 0 Å². The molecule has 0 aliphatic carbocycles. The Hall–Kier alpha value is -2.70. The van der Waals surface area contributed by atoms with E-state index in [0.717, 1.165) is 17.8 Å². The molecule has 0 radical (unpaired) electrons. The molecule has 1 fully saturated rings. The van der Waals surface area contributed by atoms with Crippen molar-refractivity contribution >= 4 is 11.7 Å². The maximum absolute atomic E-state index is 12.9. The molecule has 25 heavy (non-hydrogen) atoms. The first-order valence-electron chi connectivity index (χ1n) is 8.19. The van der Waals surface area contributed by atoms with Gasteiger partial charge in [-0.25, -0.2) is 4.39 Å². The van der Waals surface area contributed by atoms with E-state index < -0.39 is 0 Å². The fourth-order valence-corrected chi connectivity index (χ4v) is 2.72. The van der Waals surface area contributed by atoms with Crippen LogP contribution in [0.1, 0.15) is 12.0 Å². The summed E-state index contributed by atoms with van der Waals surface area (Å²) < 4.78 is 18.8. The molecule has 1 aromatic heterocycles. The molecule has 7 heteroatoms. The molecule has 1 atom stereocenters. The zero-order valence-corrected chi connectivity index (χ0v) is 14.4. The Morgan fingerprint density at radius 2 is 2.08 bits per heavy atom. The van der Waals surface area contributed by atoms with Crippen molar-refractivity contribution in [2.45, 2.75) is 18.9 Å². The molecule has 0 unspecified atom stereocenters. The zero-order valence-electron chi connectivity index (χ0n) is 14.4. The maximum atomic E-state index is 12.9. The molecule has 0 bridgehead atoms. The summed E-state index contributed by atoms with van der Waals surface area (Å²) in [4.78, 5) is 24.5. The van der Waals surface area contributed by atoms with Crippen molar-refractivity contribution in [3.63, 3.8) is 0 Å². The lowest BCUT2D eigenvalue weighted by Crippen LogP contribution is -2.32. The predicted molar refractivity (Wildman–Crippen MR) is 92.1 cm³/mol. The molecular formula is C18H21FN4O2. The number of hydrogen-bond acceptors (Lipinski definition) is 5. The number of likely N-dealkylation sites (tertiary alicyclic amines) is 1. The Bertz CT molecular complexity index is 736. The minimum Gasteiger partial charge on any atom is -0.471 e. The van der Waals surface area contributed by atoms with Gasteiger partial charge in [-0.1, -0.05) is 12.1 Å². The number of hydrogen-bond donors (Lipinski definition) is 0. The highest BCUT2D eigenvalue weighted by molar-refractivity contribution is 5.79. The standard InChI is InChI=1S/C18H21FN4O2/c1-22(2)16-10-20-11-17(21-16)25-15-7-8-23(12-15)18(24)9-13-3-5-14(19)6-4-13/h3-6,10-11,15H,7-9,12H2,1-2H3/t15-/m1/s1. The average Bonchev–Trinajstić information content (AvgIpc) is 3.06. The number of rotatable bonds is 5. The van der Waals surface area contributed by atoms with Gasteiger partial charge in [-0.15, -0.1) is 0 Å². The van der Waals surface area contributed by atoms with E-state index in [4.69, 9.17) is 4.74 Å². The van der Waals surface area contributed by atoms with Crippen molar-refractivity contribution in [3.8, 4) is 5.88 Å². The molecule has 0 N–H and O–H groups in total. The summed E-state index contributed by atoms with van der Waals surface area (Å²) in [5.74, 6) is 0.904. The summed E-state index contributed by atoms with van der Waals surface area (Å²) in [6.07, 6.45) is 4.17. The molecule has 1 aromatic carbocycles. The lowest BCUT2D eigenvalue weighted by atomic mass is 10.1.